The lowest BCUT2D eigenvalue weighted by Gasteiger charge is -2.22. The number of aryl methyl sites for hydroxylation is 1. The van der Waals surface area contributed by atoms with Gasteiger partial charge in [0.25, 0.3) is 0 Å². The lowest BCUT2D eigenvalue weighted by molar-refractivity contribution is 0.691. The molecule has 0 aliphatic heterocycles. The van der Waals surface area contributed by atoms with Crippen molar-refractivity contribution < 1.29 is 0 Å². The second kappa shape index (κ2) is 5.66. The van der Waals surface area contributed by atoms with E-state index < -0.39 is 0 Å². The quantitative estimate of drug-likeness (QED) is 0.777. The molecule has 0 radical (unpaired) electrons. The van der Waals surface area contributed by atoms with Crippen molar-refractivity contribution in [1.29, 1.82) is 0 Å². The van der Waals surface area contributed by atoms with E-state index in [4.69, 9.17) is 0 Å². The number of hydrogen-bond donors (Lipinski definition) is 1. The van der Waals surface area contributed by atoms with E-state index in [0.717, 1.165) is 0 Å². The zero-order valence-corrected chi connectivity index (χ0v) is 12.7. The second-order valence-corrected chi connectivity index (χ2v) is 5.45. The van der Waals surface area contributed by atoms with E-state index in [9.17, 15) is 0 Å². The fraction of sp³-hybridized carbons (Fsp3) is 0.211. The minimum absolute atomic E-state index is 0.179. The summed E-state index contributed by atoms with van der Waals surface area (Å²) in [7, 11) is 2.02. The van der Waals surface area contributed by atoms with Crippen LogP contribution < -0.4 is 5.32 Å². The Bertz CT molecular complexity index is 772. The average Bonchev–Trinajstić information content (AvgIpc) is 2.52. The summed E-state index contributed by atoms with van der Waals surface area (Å²) in [6.07, 6.45) is 3.80. The van der Waals surface area contributed by atoms with Crippen molar-refractivity contribution >= 4 is 10.8 Å². The summed E-state index contributed by atoms with van der Waals surface area (Å²) < 4.78 is 0. The molecule has 1 N–H and O–H groups in total. The van der Waals surface area contributed by atoms with Gasteiger partial charge >= 0.3 is 0 Å². The summed E-state index contributed by atoms with van der Waals surface area (Å²) in [6, 6.07) is 15.2. The van der Waals surface area contributed by atoms with Crippen molar-refractivity contribution in [3.8, 4) is 0 Å². The molecule has 21 heavy (non-hydrogen) atoms. The minimum Gasteiger partial charge on any atom is -0.309 e. The monoisotopic (exact) mass is 276 g/mol. The van der Waals surface area contributed by atoms with Crippen LogP contribution in [0, 0.1) is 13.8 Å². The number of benzene rings is 2. The molecule has 1 heterocycles. The lowest BCUT2D eigenvalue weighted by atomic mass is 9.90. The second-order valence-electron chi connectivity index (χ2n) is 5.45. The molecule has 3 aromatic rings. The Kier molecular flexibility index (Phi) is 3.72. The van der Waals surface area contributed by atoms with Crippen LogP contribution in [-0.4, -0.2) is 12.0 Å². The molecule has 106 valence electrons. The van der Waals surface area contributed by atoms with Crippen molar-refractivity contribution in [2.24, 2.45) is 0 Å². The predicted octanol–water partition coefficient (Wildman–Crippen LogP) is 4.16. The van der Waals surface area contributed by atoms with Crippen molar-refractivity contribution in [3.63, 3.8) is 0 Å². The van der Waals surface area contributed by atoms with Crippen LogP contribution in [-0.2, 0) is 0 Å². The van der Waals surface area contributed by atoms with Gasteiger partial charge < -0.3 is 5.32 Å². The highest BCUT2D eigenvalue weighted by Crippen LogP contribution is 2.30. The maximum absolute atomic E-state index is 4.30. The first-order valence-electron chi connectivity index (χ1n) is 7.28. The molecule has 0 aliphatic rings. The summed E-state index contributed by atoms with van der Waals surface area (Å²) in [5.74, 6) is 0. The molecule has 2 heteroatoms. The van der Waals surface area contributed by atoms with Gasteiger partial charge in [0.2, 0.25) is 0 Å². The van der Waals surface area contributed by atoms with Gasteiger partial charge in [-0.25, -0.2) is 0 Å². The summed E-state index contributed by atoms with van der Waals surface area (Å²) in [6.45, 7) is 4.36. The predicted molar refractivity (Wildman–Crippen MR) is 88.6 cm³/mol. The third-order valence-electron chi connectivity index (χ3n) is 4.27. The van der Waals surface area contributed by atoms with Crippen LogP contribution in [0.5, 0.6) is 0 Å². The largest absolute Gasteiger partial charge is 0.309 e. The van der Waals surface area contributed by atoms with Crippen LogP contribution >= 0.6 is 0 Å². The van der Waals surface area contributed by atoms with Gasteiger partial charge in [-0.3, -0.25) is 4.98 Å². The molecule has 0 bridgehead atoms. The number of aromatic nitrogens is 1. The van der Waals surface area contributed by atoms with Crippen molar-refractivity contribution in [2.45, 2.75) is 19.9 Å². The van der Waals surface area contributed by atoms with Gasteiger partial charge in [0.15, 0.2) is 0 Å². The Balaban J connectivity index is 2.21. The number of nitrogens with one attached hydrogen (secondary N) is 1. The first-order chi connectivity index (χ1) is 10.2. The summed E-state index contributed by atoms with van der Waals surface area (Å²) >= 11 is 0. The lowest BCUT2D eigenvalue weighted by Crippen LogP contribution is -2.19. The normalized spacial score (nSPS) is 12.5. The molecular weight excluding hydrogens is 256 g/mol. The van der Waals surface area contributed by atoms with E-state index in [-0.39, 0.29) is 6.04 Å². The highest BCUT2D eigenvalue weighted by molar-refractivity contribution is 5.85. The van der Waals surface area contributed by atoms with E-state index in [2.05, 4.69) is 66.6 Å². The third kappa shape index (κ3) is 2.43. The van der Waals surface area contributed by atoms with Crippen LogP contribution in [0.4, 0.5) is 0 Å². The maximum atomic E-state index is 4.30. The molecule has 0 fully saturated rings. The Morgan fingerprint density at radius 2 is 1.71 bits per heavy atom. The van der Waals surface area contributed by atoms with Crippen molar-refractivity contribution in [2.75, 3.05) is 7.05 Å². The van der Waals surface area contributed by atoms with E-state index in [1.165, 1.54) is 33.0 Å². The average molecular weight is 276 g/mol. The molecule has 0 saturated heterocycles. The number of pyridine rings is 1. The highest BCUT2D eigenvalue weighted by Gasteiger charge is 2.17. The third-order valence-corrected chi connectivity index (χ3v) is 4.27. The Morgan fingerprint density at radius 3 is 2.52 bits per heavy atom. The number of rotatable bonds is 3. The smallest absolute Gasteiger partial charge is 0.0583 e. The molecule has 2 aromatic carbocycles. The first-order valence-corrected chi connectivity index (χ1v) is 7.28. The summed E-state index contributed by atoms with van der Waals surface area (Å²) in [4.78, 5) is 4.30. The zero-order chi connectivity index (χ0) is 14.8. The molecule has 2 nitrogen and oxygen atoms in total. The van der Waals surface area contributed by atoms with Gasteiger partial charge in [-0.1, -0.05) is 36.4 Å². The van der Waals surface area contributed by atoms with Crippen LogP contribution in [0.2, 0.25) is 0 Å². The molecular formula is C19H20N2. The molecule has 0 amide bonds. The number of nitrogens with zero attached hydrogens (tertiary/aromatic N) is 1. The Hall–Kier alpha value is -2.19. The minimum atomic E-state index is 0.179. The van der Waals surface area contributed by atoms with E-state index in [0.29, 0.717) is 0 Å². The molecule has 3 rings (SSSR count). The van der Waals surface area contributed by atoms with Gasteiger partial charge in [0.1, 0.15) is 0 Å². The molecule has 0 saturated carbocycles. The fourth-order valence-electron chi connectivity index (χ4n) is 2.95. The first kappa shape index (κ1) is 13.8. The van der Waals surface area contributed by atoms with E-state index >= 15 is 0 Å². The van der Waals surface area contributed by atoms with Crippen molar-refractivity contribution in [3.05, 3.63) is 77.1 Å². The topological polar surface area (TPSA) is 24.9 Å². The van der Waals surface area contributed by atoms with Crippen LogP contribution in [0.25, 0.3) is 10.8 Å². The fourth-order valence-corrected chi connectivity index (χ4v) is 2.95. The van der Waals surface area contributed by atoms with Crippen molar-refractivity contribution in [1.82, 2.24) is 10.3 Å². The Morgan fingerprint density at radius 1 is 0.952 bits per heavy atom. The number of hydrogen-bond acceptors (Lipinski definition) is 2. The zero-order valence-electron chi connectivity index (χ0n) is 12.7. The highest BCUT2D eigenvalue weighted by atomic mass is 14.9. The van der Waals surface area contributed by atoms with Gasteiger partial charge in [-0.05, 0) is 54.6 Å². The molecule has 0 aliphatic carbocycles. The van der Waals surface area contributed by atoms with Crippen LogP contribution in [0.1, 0.15) is 28.3 Å². The molecule has 0 spiro atoms. The maximum Gasteiger partial charge on any atom is 0.0583 e. The van der Waals surface area contributed by atoms with E-state index in [1.807, 2.05) is 19.4 Å². The standard InChI is InChI=1S/C19H20N2/c1-13-6-4-8-16(14(13)2)19(20-3)17-9-5-7-15-10-11-21-12-18(15)17/h4-12,19-20H,1-3H3. The van der Waals surface area contributed by atoms with Crippen LogP contribution in [0.15, 0.2) is 54.9 Å². The summed E-state index contributed by atoms with van der Waals surface area (Å²) in [5, 5.41) is 5.91. The molecule has 1 atom stereocenters. The van der Waals surface area contributed by atoms with E-state index in [1.54, 1.807) is 0 Å². The summed E-state index contributed by atoms with van der Waals surface area (Å²) in [5.41, 5.74) is 5.27. The molecule has 1 unspecified atom stereocenters. The Labute approximate surface area is 125 Å². The van der Waals surface area contributed by atoms with Gasteiger partial charge in [-0.2, -0.15) is 0 Å². The van der Waals surface area contributed by atoms with Gasteiger partial charge in [0.05, 0.1) is 6.04 Å². The number of fused-ring (bicyclic) bond motifs is 1. The SMILES string of the molecule is CNC(c1cccc(C)c1C)c1cccc2ccncc12. The van der Waals surface area contributed by atoms with Gasteiger partial charge in [0, 0.05) is 17.8 Å². The molecule has 1 aromatic heterocycles. The van der Waals surface area contributed by atoms with Crippen LogP contribution in [0.3, 0.4) is 0 Å². The van der Waals surface area contributed by atoms with Gasteiger partial charge in [-0.15, -0.1) is 0 Å².